The van der Waals surface area contributed by atoms with Crippen molar-refractivity contribution < 1.29 is 9.53 Å². The van der Waals surface area contributed by atoms with Gasteiger partial charge in [0, 0.05) is 44.0 Å². The fraction of sp³-hybridized carbons (Fsp3) is 0.526. The quantitative estimate of drug-likeness (QED) is 0.837. The number of hydrogen-bond donors (Lipinski definition) is 2. The summed E-state index contributed by atoms with van der Waals surface area (Å²) in [5, 5.41) is 6.18. The number of terminal acetylenes is 1. The van der Waals surface area contributed by atoms with Crippen LogP contribution in [0.15, 0.2) is 12.1 Å². The summed E-state index contributed by atoms with van der Waals surface area (Å²) in [6.45, 7) is 12.3. The number of rotatable bonds is 3. The van der Waals surface area contributed by atoms with Crippen LogP contribution in [0.4, 0.5) is 10.5 Å². The first-order chi connectivity index (χ1) is 11.3. The number of benzene rings is 1. The van der Waals surface area contributed by atoms with Crippen LogP contribution in [0.1, 0.15) is 37.5 Å². The van der Waals surface area contributed by atoms with E-state index in [-0.39, 0.29) is 0 Å². The summed E-state index contributed by atoms with van der Waals surface area (Å²) in [5.41, 5.74) is 2.96. The van der Waals surface area contributed by atoms with Crippen molar-refractivity contribution in [1.29, 1.82) is 0 Å². The molecule has 0 radical (unpaired) electrons. The van der Waals surface area contributed by atoms with Crippen LogP contribution in [0.5, 0.6) is 0 Å². The molecular formula is C19H27N3O2. The summed E-state index contributed by atoms with van der Waals surface area (Å²) in [6.07, 6.45) is 5.17. The number of carbonyl (C=O) groups is 1. The molecule has 0 aliphatic carbocycles. The number of amides is 1. The fourth-order valence-corrected chi connectivity index (χ4v) is 2.69. The molecule has 1 fully saturated rings. The van der Waals surface area contributed by atoms with Crippen LogP contribution in [0.25, 0.3) is 0 Å². The minimum Gasteiger partial charge on any atom is -0.444 e. The Labute approximate surface area is 144 Å². The lowest BCUT2D eigenvalue weighted by atomic mass is 10.0. The van der Waals surface area contributed by atoms with E-state index in [0.717, 1.165) is 49.4 Å². The Bertz CT molecular complexity index is 635. The summed E-state index contributed by atoms with van der Waals surface area (Å²) < 4.78 is 5.34. The maximum absolute atomic E-state index is 12.1. The van der Waals surface area contributed by atoms with Gasteiger partial charge in [-0.15, -0.1) is 6.42 Å². The monoisotopic (exact) mass is 329 g/mol. The molecular weight excluding hydrogens is 302 g/mol. The summed E-state index contributed by atoms with van der Waals surface area (Å²) in [6, 6.07) is 4.01. The Morgan fingerprint density at radius 3 is 2.62 bits per heavy atom. The molecule has 0 bridgehead atoms. The second-order valence-corrected chi connectivity index (χ2v) is 7.11. The minimum atomic E-state index is -0.536. The van der Waals surface area contributed by atoms with Crippen LogP contribution < -0.4 is 10.6 Å². The lowest BCUT2D eigenvalue weighted by molar-refractivity contribution is 0.0636. The molecule has 5 heteroatoms. The predicted octanol–water partition coefficient (Wildman–Crippen LogP) is 2.73. The molecule has 2 N–H and O–H groups in total. The van der Waals surface area contributed by atoms with Crippen molar-refractivity contribution in [2.24, 2.45) is 0 Å². The zero-order chi connectivity index (χ0) is 17.7. The molecule has 0 saturated carbocycles. The van der Waals surface area contributed by atoms with Gasteiger partial charge in [-0.05, 0) is 51.0 Å². The van der Waals surface area contributed by atoms with Gasteiger partial charge in [0.25, 0.3) is 0 Å². The van der Waals surface area contributed by atoms with Crippen LogP contribution in [0.2, 0.25) is 0 Å². The summed E-state index contributed by atoms with van der Waals surface area (Å²) >= 11 is 0. The van der Waals surface area contributed by atoms with Crippen LogP contribution >= 0.6 is 0 Å². The third-order valence-electron chi connectivity index (χ3n) is 3.87. The lowest BCUT2D eigenvalue weighted by Crippen LogP contribution is -2.42. The van der Waals surface area contributed by atoms with E-state index in [9.17, 15) is 4.79 Å². The van der Waals surface area contributed by atoms with E-state index in [1.54, 1.807) is 0 Å². The van der Waals surface area contributed by atoms with Crippen molar-refractivity contribution in [3.63, 3.8) is 0 Å². The second-order valence-electron chi connectivity index (χ2n) is 7.11. The normalized spacial score (nSPS) is 15.6. The number of hydrogen-bond acceptors (Lipinski definition) is 4. The fourth-order valence-electron chi connectivity index (χ4n) is 2.69. The minimum absolute atomic E-state index is 0.465. The van der Waals surface area contributed by atoms with Crippen LogP contribution in [-0.4, -0.2) is 42.8 Å². The Morgan fingerprint density at radius 2 is 2.04 bits per heavy atom. The van der Waals surface area contributed by atoms with Gasteiger partial charge in [-0.3, -0.25) is 10.2 Å². The van der Waals surface area contributed by atoms with Crippen molar-refractivity contribution in [3.8, 4) is 12.3 Å². The molecule has 1 heterocycles. The highest BCUT2D eigenvalue weighted by atomic mass is 16.6. The van der Waals surface area contributed by atoms with Gasteiger partial charge in [0.2, 0.25) is 0 Å². The standard InChI is InChI=1S/C19H27N3O2/c1-6-16-11-15(13-22-9-7-20-8-10-22)12-17(14(16)2)21-18(23)24-19(3,4)5/h1,11-12,20H,7-10,13H2,2-5H3,(H,21,23). The first-order valence-corrected chi connectivity index (χ1v) is 8.32. The molecule has 1 amide bonds. The zero-order valence-corrected chi connectivity index (χ0v) is 15.0. The molecule has 2 rings (SSSR count). The predicted molar refractivity (Wildman–Crippen MR) is 97.1 cm³/mol. The van der Waals surface area contributed by atoms with Crippen LogP contribution in [0.3, 0.4) is 0 Å². The highest BCUT2D eigenvalue weighted by Crippen LogP contribution is 2.23. The number of nitrogens with zero attached hydrogens (tertiary/aromatic N) is 1. The van der Waals surface area contributed by atoms with E-state index in [1.807, 2.05) is 39.8 Å². The van der Waals surface area contributed by atoms with Gasteiger partial charge in [0.05, 0.1) is 0 Å². The summed E-state index contributed by atoms with van der Waals surface area (Å²) in [4.78, 5) is 14.5. The lowest BCUT2D eigenvalue weighted by Gasteiger charge is -2.27. The Morgan fingerprint density at radius 1 is 1.38 bits per heavy atom. The average molecular weight is 329 g/mol. The number of nitrogens with one attached hydrogen (secondary N) is 2. The van der Waals surface area contributed by atoms with Gasteiger partial charge in [-0.1, -0.05) is 5.92 Å². The van der Waals surface area contributed by atoms with Gasteiger partial charge in [-0.25, -0.2) is 4.79 Å². The Kier molecular flexibility index (Phi) is 5.87. The maximum atomic E-state index is 12.1. The van der Waals surface area contributed by atoms with Crippen molar-refractivity contribution in [3.05, 3.63) is 28.8 Å². The Hall–Kier alpha value is -2.03. The maximum Gasteiger partial charge on any atom is 0.412 e. The molecule has 5 nitrogen and oxygen atoms in total. The SMILES string of the molecule is C#Cc1cc(CN2CCNCC2)cc(NC(=O)OC(C)(C)C)c1C. The average Bonchev–Trinajstić information content (AvgIpc) is 2.49. The highest BCUT2D eigenvalue weighted by molar-refractivity contribution is 5.86. The van der Waals surface area contributed by atoms with Crippen molar-refractivity contribution in [2.45, 2.75) is 39.8 Å². The van der Waals surface area contributed by atoms with Crippen LogP contribution in [-0.2, 0) is 11.3 Å². The molecule has 0 spiro atoms. The van der Waals surface area contributed by atoms with E-state index >= 15 is 0 Å². The highest BCUT2D eigenvalue weighted by Gasteiger charge is 2.18. The molecule has 1 saturated heterocycles. The molecule has 0 atom stereocenters. The molecule has 1 aromatic rings. The largest absolute Gasteiger partial charge is 0.444 e. The van der Waals surface area contributed by atoms with Crippen molar-refractivity contribution in [1.82, 2.24) is 10.2 Å². The van der Waals surface area contributed by atoms with Crippen molar-refractivity contribution >= 4 is 11.8 Å². The smallest absolute Gasteiger partial charge is 0.412 e. The molecule has 1 aromatic carbocycles. The van der Waals surface area contributed by atoms with E-state index in [4.69, 9.17) is 11.2 Å². The van der Waals surface area contributed by atoms with Gasteiger partial charge in [0.1, 0.15) is 5.60 Å². The van der Waals surface area contributed by atoms with Crippen LogP contribution in [0, 0.1) is 19.3 Å². The van der Waals surface area contributed by atoms with Gasteiger partial charge >= 0.3 is 6.09 Å². The topological polar surface area (TPSA) is 53.6 Å². The van der Waals surface area contributed by atoms with E-state index in [0.29, 0.717) is 5.69 Å². The molecule has 1 aliphatic heterocycles. The first kappa shape index (κ1) is 18.3. The summed E-state index contributed by atoms with van der Waals surface area (Å²) in [5.74, 6) is 2.71. The number of piperazine rings is 1. The summed E-state index contributed by atoms with van der Waals surface area (Å²) in [7, 11) is 0. The molecule has 1 aliphatic rings. The molecule has 24 heavy (non-hydrogen) atoms. The van der Waals surface area contributed by atoms with Gasteiger partial charge in [-0.2, -0.15) is 0 Å². The van der Waals surface area contributed by atoms with Crippen molar-refractivity contribution in [2.75, 3.05) is 31.5 Å². The molecule has 130 valence electrons. The van der Waals surface area contributed by atoms with E-state index in [1.165, 1.54) is 0 Å². The molecule has 0 aromatic heterocycles. The van der Waals surface area contributed by atoms with Gasteiger partial charge < -0.3 is 10.1 Å². The number of carbonyl (C=O) groups excluding carboxylic acids is 1. The van der Waals surface area contributed by atoms with E-state index < -0.39 is 11.7 Å². The third kappa shape index (κ3) is 5.26. The second kappa shape index (κ2) is 7.69. The zero-order valence-electron chi connectivity index (χ0n) is 15.0. The van der Waals surface area contributed by atoms with Gasteiger partial charge in [0.15, 0.2) is 0 Å². The Balaban J connectivity index is 2.18. The first-order valence-electron chi connectivity index (χ1n) is 8.32. The molecule has 0 unspecified atom stereocenters. The number of anilines is 1. The van der Waals surface area contributed by atoms with E-state index in [2.05, 4.69) is 21.5 Å². The third-order valence-corrected chi connectivity index (χ3v) is 3.87. The number of ether oxygens (including phenoxy) is 1.